The van der Waals surface area contributed by atoms with Gasteiger partial charge in [0.1, 0.15) is 10.8 Å². The number of thiazole rings is 1. The molecule has 1 aliphatic rings. The van der Waals surface area contributed by atoms with E-state index in [2.05, 4.69) is 58.1 Å². The number of piperidine rings is 1. The van der Waals surface area contributed by atoms with Crippen molar-refractivity contribution in [2.24, 2.45) is 0 Å². The molecule has 28 heavy (non-hydrogen) atoms. The fourth-order valence-corrected chi connectivity index (χ4v) is 4.51. The summed E-state index contributed by atoms with van der Waals surface area (Å²) >= 11 is 1.74. The minimum absolute atomic E-state index is 0.517. The number of nitrogens with zero attached hydrogens (tertiary/aromatic N) is 2. The van der Waals surface area contributed by atoms with Gasteiger partial charge in [-0.25, -0.2) is 4.98 Å². The number of benzene rings is 2. The summed E-state index contributed by atoms with van der Waals surface area (Å²) in [5.74, 6) is 0.933. The molecule has 4 rings (SSSR count). The number of rotatable bonds is 7. The van der Waals surface area contributed by atoms with Crippen molar-refractivity contribution in [1.29, 1.82) is 0 Å². The first-order valence-corrected chi connectivity index (χ1v) is 10.8. The van der Waals surface area contributed by atoms with Gasteiger partial charge in [-0.05, 0) is 37.1 Å². The van der Waals surface area contributed by atoms with E-state index in [4.69, 9.17) is 9.72 Å². The van der Waals surface area contributed by atoms with Gasteiger partial charge in [0.2, 0.25) is 0 Å². The lowest BCUT2D eigenvalue weighted by molar-refractivity contribution is 0.182. The average Bonchev–Trinajstić information content (AvgIpc) is 3.22. The lowest BCUT2D eigenvalue weighted by atomic mass is 10.0. The van der Waals surface area contributed by atoms with Crippen LogP contribution in [0.1, 0.15) is 23.4 Å². The summed E-state index contributed by atoms with van der Waals surface area (Å²) in [7, 11) is 1.72. The third-order valence-corrected chi connectivity index (χ3v) is 6.06. The van der Waals surface area contributed by atoms with Crippen molar-refractivity contribution in [3.63, 3.8) is 0 Å². The number of aromatic nitrogens is 1. The summed E-state index contributed by atoms with van der Waals surface area (Å²) in [4.78, 5) is 7.33. The molecule has 1 aliphatic heterocycles. The van der Waals surface area contributed by atoms with Crippen LogP contribution in [0.5, 0.6) is 5.75 Å². The van der Waals surface area contributed by atoms with Crippen LogP contribution in [0, 0.1) is 0 Å². The van der Waals surface area contributed by atoms with E-state index >= 15 is 0 Å². The molecule has 1 atom stereocenters. The molecule has 146 valence electrons. The van der Waals surface area contributed by atoms with E-state index in [9.17, 15) is 0 Å². The van der Waals surface area contributed by atoms with Gasteiger partial charge in [-0.15, -0.1) is 11.3 Å². The number of hydrogen-bond acceptors (Lipinski definition) is 5. The van der Waals surface area contributed by atoms with Crippen molar-refractivity contribution in [3.05, 3.63) is 70.5 Å². The van der Waals surface area contributed by atoms with E-state index in [-0.39, 0.29) is 0 Å². The summed E-state index contributed by atoms with van der Waals surface area (Å²) in [5, 5.41) is 7.03. The molecule has 1 N–H and O–H groups in total. The highest BCUT2D eigenvalue weighted by Crippen LogP contribution is 2.22. The smallest absolute Gasteiger partial charge is 0.119 e. The van der Waals surface area contributed by atoms with Crippen LogP contribution in [0.2, 0.25) is 0 Å². The number of hydrogen-bond donors (Lipinski definition) is 1. The summed E-state index contributed by atoms with van der Waals surface area (Å²) in [6.07, 6.45) is 2.46. The van der Waals surface area contributed by atoms with Crippen LogP contribution in [0.4, 0.5) is 0 Å². The fraction of sp³-hybridized carbons (Fsp3) is 0.348. The molecule has 0 spiro atoms. The van der Waals surface area contributed by atoms with Crippen LogP contribution < -0.4 is 10.1 Å². The number of methoxy groups -OCH3 is 1. The van der Waals surface area contributed by atoms with Crippen molar-refractivity contribution < 1.29 is 4.74 Å². The van der Waals surface area contributed by atoms with E-state index in [0.717, 1.165) is 42.6 Å². The lowest BCUT2D eigenvalue weighted by Gasteiger charge is -2.33. The maximum Gasteiger partial charge on any atom is 0.119 e. The SMILES string of the molecule is COc1cccc(CN2CCC[C@@H](NCc3nc(-c4ccccc4)cs3)C2)c1. The molecule has 1 aromatic heterocycles. The molecule has 1 fully saturated rings. The van der Waals surface area contributed by atoms with Gasteiger partial charge in [-0.3, -0.25) is 4.90 Å². The second kappa shape index (κ2) is 9.32. The van der Waals surface area contributed by atoms with Gasteiger partial charge >= 0.3 is 0 Å². The predicted molar refractivity (Wildman–Crippen MR) is 116 cm³/mol. The van der Waals surface area contributed by atoms with Crippen LogP contribution >= 0.6 is 11.3 Å². The zero-order valence-electron chi connectivity index (χ0n) is 16.3. The molecule has 2 aromatic carbocycles. The quantitative estimate of drug-likeness (QED) is 0.638. The molecular formula is C23H27N3OS. The average molecular weight is 394 g/mol. The van der Waals surface area contributed by atoms with Crippen molar-refractivity contribution in [3.8, 4) is 17.0 Å². The zero-order chi connectivity index (χ0) is 19.2. The molecule has 0 saturated carbocycles. The van der Waals surface area contributed by atoms with Gasteiger partial charge in [0.25, 0.3) is 0 Å². The molecule has 5 heteroatoms. The van der Waals surface area contributed by atoms with Gasteiger partial charge in [0, 0.05) is 36.6 Å². The molecule has 0 amide bonds. The fourth-order valence-electron chi connectivity index (χ4n) is 3.76. The van der Waals surface area contributed by atoms with E-state index in [1.54, 1.807) is 18.4 Å². The third kappa shape index (κ3) is 4.98. The molecule has 1 saturated heterocycles. The third-order valence-electron chi connectivity index (χ3n) is 5.21. The van der Waals surface area contributed by atoms with Crippen LogP contribution in [0.15, 0.2) is 60.0 Å². The summed E-state index contributed by atoms with van der Waals surface area (Å²) in [6, 6.07) is 19.3. The topological polar surface area (TPSA) is 37.4 Å². The highest BCUT2D eigenvalue weighted by atomic mass is 32.1. The highest BCUT2D eigenvalue weighted by molar-refractivity contribution is 7.09. The molecule has 2 heterocycles. The maximum atomic E-state index is 5.35. The summed E-state index contributed by atoms with van der Waals surface area (Å²) < 4.78 is 5.35. The minimum Gasteiger partial charge on any atom is -0.497 e. The highest BCUT2D eigenvalue weighted by Gasteiger charge is 2.20. The van der Waals surface area contributed by atoms with E-state index in [1.165, 1.54) is 24.0 Å². The van der Waals surface area contributed by atoms with Gasteiger partial charge in [-0.2, -0.15) is 0 Å². The second-order valence-corrected chi connectivity index (χ2v) is 8.24. The Bertz CT molecular complexity index is 880. The normalized spacial score (nSPS) is 17.5. The predicted octanol–water partition coefficient (Wildman–Crippen LogP) is 4.57. The number of ether oxygens (including phenoxy) is 1. The Labute approximate surface area is 171 Å². The molecule has 4 nitrogen and oxygen atoms in total. The Hall–Kier alpha value is -2.21. The molecular weight excluding hydrogens is 366 g/mol. The maximum absolute atomic E-state index is 5.35. The van der Waals surface area contributed by atoms with Crippen LogP contribution in [-0.4, -0.2) is 36.1 Å². The van der Waals surface area contributed by atoms with Gasteiger partial charge in [-0.1, -0.05) is 42.5 Å². The Morgan fingerprint density at radius 2 is 2.07 bits per heavy atom. The monoisotopic (exact) mass is 393 g/mol. The lowest BCUT2D eigenvalue weighted by Crippen LogP contribution is -2.45. The largest absolute Gasteiger partial charge is 0.497 e. The molecule has 0 unspecified atom stereocenters. The Morgan fingerprint density at radius 1 is 1.18 bits per heavy atom. The van der Waals surface area contributed by atoms with Gasteiger partial charge in [0.05, 0.1) is 12.8 Å². The first kappa shape index (κ1) is 19.1. The molecule has 0 bridgehead atoms. The zero-order valence-corrected chi connectivity index (χ0v) is 17.1. The first-order valence-electron chi connectivity index (χ1n) is 9.88. The van der Waals surface area contributed by atoms with Crippen LogP contribution in [0.3, 0.4) is 0 Å². The Balaban J connectivity index is 1.30. The van der Waals surface area contributed by atoms with Gasteiger partial charge < -0.3 is 10.1 Å². The molecule has 0 aliphatic carbocycles. The Morgan fingerprint density at radius 3 is 2.93 bits per heavy atom. The molecule has 3 aromatic rings. The van der Waals surface area contributed by atoms with Crippen LogP contribution in [-0.2, 0) is 13.1 Å². The van der Waals surface area contributed by atoms with Crippen molar-refractivity contribution in [1.82, 2.24) is 15.2 Å². The van der Waals surface area contributed by atoms with Gasteiger partial charge in [0.15, 0.2) is 0 Å². The molecule has 0 radical (unpaired) electrons. The second-order valence-electron chi connectivity index (χ2n) is 7.30. The van der Waals surface area contributed by atoms with Crippen molar-refractivity contribution in [2.75, 3.05) is 20.2 Å². The number of nitrogens with one attached hydrogen (secondary N) is 1. The van der Waals surface area contributed by atoms with Crippen molar-refractivity contribution >= 4 is 11.3 Å². The standard InChI is InChI=1S/C23H27N3OS/c1-27-21-11-5-7-18(13-21)15-26-12-6-10-20(16-26)24-14-23-25-22(17-28-23)19-8-3-2-4-9-19/h2-5,7-9,11,13,17,20,24H,6,10,12,14-16H2,1H3/t20-/m1/s1. The van der Waals surface area contributed by atoms with E-state index in [1.807, 2.05) is 12.1 Å². The van der Waals surface area contributed by atoms with E-state index in [0.29, 0.717) is 6.04 Å². The van der Waals surface area contributed by atoms with E-state index < -0.39 is 0 Å². The first-order chi connectivity index (χ1) is 13.8. The van der Waals surface area contributed by atoms with Crippen LogP contribution in [0.25, 0.3) is 11.3 Å². The Kier molecular flexibility index (Phi) is 6.37. The van der Waals surface area contributed by atoms with Crippen molar-refractivity contribution in [2.45, 2.75) is 32.0 Å². The summed E-state index contributed by atoms with van der Waals surface area (Å²) in [6.45, 7) is 4.05. The summed E-state index contributed by atoms with van der Waals surface area (Å²) in [5.41, 5.74) is 3.57. The number of likely N-dealkylation sites (tertiary alicyclic amines) is 1. The minimum atomic E-state index is 0.517.